The molecule has 185 valence electrons. The molecule has 4 rings (SSSR count). The molecule has 0 fully saturated rings. The molecular weight excluding hydrogens is 463 g/mol. The first-order valence-corrected chi connectivity index (χ1v) is 11.1. The number of ether oxygens (including phenoxy) is 2. The maximum atomic E-state index is 12.4. The summed E-state index contributed by atoms with van der Waals surface area (Å²) in [6.07, 6.45) is 0. The first kappa shape index (κ1) is 24.5. The van der Waals surface area contributed by atoms with Gasteiger partial charge in [-0.15, -0.1) is 0 Å². The van der Waals surface area contributed by atoms with E-state index in [1.165, 1.54) is 23.7 Å². The van der Waals surface area contributed by atoms with E-state index in [-0.39, 0.29) is 0 Å². The van der Waals surface area contributed by atoms with Crippen molar-refractivity contribution in [3.05, 3.63) is 84.4 Å². The van der Waals surface area contributed by atoms with E-state index in [0.717, 1.165) is 0 Å². The molecule has 0 amide bonds. The van der Waals surface area contributed by atoms with Gasteiger partial charge >= 0.3 is 6.82 Å². The third-order valence-corrected chi connectivity index (χ3v) is 5.37. The van der Waals surface area contributed by atoms with Gasteiger partial charge in [0.2, 0.25) is 0 Å². The van der Waals surface area contributed by atoms with Gasteiger partial charge in [-0.25, -0.2) is 0 Å². The van der Waals surface area contributed by atoms with E-state index >= 15 is 0 Å². The Morgan fingerprint density at radius 2 is 1.17 bits per heavy atom. The minimum atomic E-state index is -3.13. The minimum absolute atomic E-state index is 0.305. The molecule has 0 spiro atoms. The van der Waals surface area contributed by atoms with Gasteiger partial charge in [-0.2, -0.15) is 10.5 Å². The lowest BCUT2D eigenvalue weighted by Gasteiger charge is -2.54. The monoisotopic (exact) mass is 488 g/mol. The van der Waals surface area contributed by atoms with Gasteiger partial charge in [0.25, 0.3) is 11.9 Å². The lowest BCUT2D eigenvalue weighted by atomic mass is 9.82. The van der Waals surface area contributed by atoms with Crippen LogP contribution >= 0.6 is 0 Å². The fourth-order valence-corrected chi connectivity index (χ4v) is 3.79. The largest absolute Gasteiger partial charge is 0.618 e. The first-order valence-electron chi connectivity index (χ1n) is 11.1. The Morgan fingerprint density at radius 1 is 0.694 bits per heavy atom. The second kappa shape index (κ2) is 10.3. The summed E-state index contributed by atoms with van der Waals surface area (Å²) in [5.41, 5.74) is 6.34. The van der Waals surface area contributed by atoms with Crippen LogP contribution in [0.25, 0.3) is 0 Å². The van der Waals surface area contributed by atoms with E-state index in [9.17, 15) is 9.59 Å². The number of methoxy groups -OCH3 is 2. The number of nitrogens with zero attached hydrogens (tertiary/aromatic N) is 4. The Morgan fingerprint density at radius 3 is 1.61 bits per heavy atom. The molecule has 3 aromatic carbocycles. The quantitative estimate of drug-likeness (QED) is 0.466. The van der Waals surface area contributed by atoms with E-state index in [1.807, 2.05) is 30.3 Å². The van der Waals surface area contributed by atoms with Crippen molar-refractivity contribution in [3.8, 4) is 11.5 Å². The summed E-state index contributed by atoms with van der Waals surface area (Å²) in [5, 5.41) is 4.70. The number of hydrogen-bond donors (Lipinski definition) is 0. The Balaban J connectivity index is 1.97. The van der Waals surface area contributed by atoms with Gasteiger partial charge in [0.1, 0.15) is 11.5 Å². The van der Waals surface area contributed by atoms with E-state index < -0.39 is 18.8 Å². The van der Waals surface area contributed by atoms with Crippen LogP contribution in [0, 0.1) is 0 Å². The van der Waals surface area contributed by atoms with Gasteiger partial charge in [0.15, 0.2) is 5.84 Å². The summed E-state index contributed by atoms with van der Waals surface area (Å²) in [6, 6.07) is 23.0. The molecule has 0 N–H and O–H groups in total. The molecule has 0 bridgehead atoms. The molecule has 10 nitrogen and oxygen atoms in total. The summed E-state index contributed by atoms with van der Waals surface area (Å²) in [7, 11) is 3.11. The molecule has 0 saturated carbocycles. The van der Waals surface area contributed by atoms with Crippen molar-refractivity contribution in [2.45, 2.75) is 13.8 Å². The van der Waals surface area contributed by atoms with Crippen LogP contribution in [0.1, 0.15) is 19.4 Å². The second-order valence-corrected chi connectivity index (χ2v) is 7.83. The first-order chi connectivity index (χ1) is 17.4. The minimum Gasteiger partial charge on any atom is -0.618 e. The number of rotatable bonds is 7. The number of amidine groups is 1. The molecule has 3 aromatic rings. The van der Waals surface area contributed by atoms with Crippen LogP contribution in [0.4, 0.5) is 11.4 Å². The number of carbonyl (C=O) groups excluding carboxylic acids is 2. The highest BCUT2D eigenvalue weighted by Crippen LogP contribution is 2.35. The zero-order valence-electron chi connectivity index (χ0n) is 20.3. The number of anilines is 2. The zero-order chi connectivity index (χ0) is 25.7. The third-order valence-electron chi connectivity index (χ3n) is 5.37. The lowest BCUT2D eigenvalue weighted by Crippen LogP contribution is -2.75. The van der Waals surface area contributed by atoms with Gasteiger partial charge in [-0.1, -0.05) is 30.3 Å². The standard InChI is InChI=1S/C25H25BN4O6/c1-18(31)35-26(36-19(2)32)29(21-10-14-23(33-3)15-11-21)27-25(20-8-6-5-7-9-20)28-30(26)22-12-16-24(34-4)17-13-22/h5-17H,1-4H3/q-1. The highest BCUT2D eigenvalue weighted by Gasteiger charge is 2.53. The van der Waals surface area contributed by atoms with Crippen LogP contribution in [-0.4, -0.2) is 38.8 Å². The van der Waals surface area contributed by atoms with Crippen molar-refractivity contribution in [1.29, 1.82) is 0 Å². The van der Waals surface area contributed by atoms with Crippen molar-refractivity contribution in [2.75, 3.05) is 24.1 Å². The average molecular weight is 488 g/mol. The van der Waals surface area contributed by atoms with Crippen LogP contribution in [0.3, 0.4) is 0 Å². The summed E-state index contributed by atoms with van der Waals surface area (Å²) in [6.45, 7) is -0.678. The predicted molar refractivity (Wildman–Crippen MR) is 135 cm³/mol. The van der Waals surface area contributed by atoms with Gasteiger partial charge in [-0.05, 0) is 48.5 Å². The fraction of sp³-hybridized carbons (Fsp3) is 0.160. The van der Waals surface area contributed by atoms with Crippen molar-refractivity contribution in [1.82, 2.24) is 5.43 Å². The Kier molecular flexibility index (Phi) is 7.00. The lowest BCUT2D eigenvalue weighted by molar-refractivity contribution is -0.139. The van der Waals surface area contributed by atoms with Gasteiger partial charge < -0.3 is 28.6 Å². The Labute approximate surface area is 209 Å². The maximum Gasteiger partial charge on any atom is 0.617 e. The molecular formula is C25H25BN4O6-. The second-order valence-electron chi connectivity index (χ2n) is 7.83. The summed E-state index contributed by atoms with van der Waals surface area (Å²) < 4.78 is 22.1. The number of hydrogen-bond acceptors (Lipinski definition) is 9. The summed E-state index contributed by atoms with van der Waals surface area (Å²) >= 11 is 0. The maximum absolute atomic E-state index is 12.4. The number of benzene rings is 3. The van der Waals surface area contributed by atoms with Crippen molar-refractivity contribution in [2.24, 2.45) is 5.10 Å². The van der Waals surface area contributed by atoms with Crippen LogP contribution < -0.4 is 24.7 Å². The predicted octanol–water partition coefficient (Wildman–Crippen LogP) is 3.47. The van der Waals surface area contributed by atoms with Crippen LogP contribution in [0.2, 0.25) is 0 Å². The van der Waals surface area contributed by atoms with Crippen molar-refractivity contribution in [3.63, 3.8) is 0 Å². The Hall–Kier alpha value is -4.67. The van der Waals surface area contributed by atoms with Crippen molar-refractivity contribution < 1.29 is 28.4 Å². The third kappa shape index (κ3) is 4.90. The normalized spacial score (nSPS) is 14.3. The zero-order valence-corrected chi connectivity index (χ0v) is 20.3. The molecule has 0 aliphatic carbocycles. The molecule has 11 heteroatoms. The topological polar surface area (TPSA) is 104 Å². The van der Waals surface area contributed by atoms with E-state index in [1.54, 1.807) is 62.8 Å². The molecule has 0 saturated heterocycles. The average Bonchev–Trinajstić information content (AvgIpc) is 2.88. The summed E-state index contributed by atoms with van der Waals surface area (Å²) in [5.74, 6) is 0.137. The Bertz CT molecular complexity index is 1240. The molecule has 1 radical (unpaired) electrons. The molecule has 0 unspecified atom stereocenters. The van der Waals surface area contributed by atoms with Gasteiger partial charge in [-0.3, -0.25) is 9.59 Å². The molecule has 1 heterocycles. The number of carbonyl (C=O) groups is 2. The highest BCUT2D eigenvalue weighted by molar-refractivity contribution is 6.78. The van der Waals surface area contributed by atoms with E-state index in [0.29, 0.717) is 34.3 Å². The highest BCUT2D eigenvalue weighted by atomic mass is 16.7. The smallest absolute Gasteiger partial charge is 0.617 e. The molecule has 0 atom stereocenters. The van der Waals surface area contributed by atoms with Gasteiger partial charge in [0.05, 0.1) is 14.2 Å². The molecule has 36 heavy (non-hydrogen) atoms. The van der Waals surface area contributed by atoms with Gasteiger partial charge in [0, 0.05) is 30.8 Å². The van der Waals surface area contributed by atoms with E-state index in [2.05, 4.69) is 0 Å². The summed E-state index contributed by atoms with van der Waals surface area (Å²) in [4.78, 5) is 27.6. The molecule has 0 aromatic heterocycles. The van der Waals surface area contributed by atoms with E-state index in [4.69, 9.17) is 29.3 Å². The molecule has 1 aliphatic rings. The van der Waals surface area contributed by atoms with Crippen LogP contribution in [0.5, 0.6) is 11.5 Å². The number of hydrazone groups is 1. The van der Waals surface area contributed by atoms with Crippen molar-refractivity contribution >= 4 is 36.0 Å². The van der Waals surface area contributed by atoms with Crippen LogP contribution in [0.15, 0.2) is 84.0 Å². The SMILES string of the molecule is COc1ccc(N2[N]C(c3ccccc3)=NN(c3ccc(OC)cc3)[B-]2(OC(C)=O)OC(C)=O)cc1. The molecule has 1 aliphatic heterocycles. The fourth-order valence-electron chi connectivity index (χ4n) is 3.79. The van der Waals surface area contributed by atoms with Crippen LogP contribution in [-0.2, 0) is 18.9 Å².